The van der Waals surface area contributed by atoms with Crippen molar-refractivity contribution in [1.82, 2.24) is 10.2 Å². The monoisotopic (exact) mass is 322 g/mol. The molecule has 0 bridgehead atoms. The summed E-state index contributed by atoms with van der Waals surface area (Å²) < 4.78 is 18.7. The zero-order chi connectivity index (χ0) is 16.8. The van der Waals surface area contributed by atoms with Crippen molar-refractivity contribution in [3.8, 4) is 5.75 Å². The van der Waals surface area contributed by atoms with Crippen LogP contribution in [0.4, 0.5) is 9.18 Å². The second-order valence-corrected chi connectivity index (χ2v) is 7.41. The average molecular weight is 322 g/mol. The highest BCUT2D eigenvalue weighted by Gasteiger charge is 2.56. The summed E-state index contributed by atoms with van der Waals surface area (Å²) in [5.41, 5.74) is 0.332. The summed E-state index contributed by atoms with van der Waals surface area (Å²) in [6.45, 7) is 7.57. The molecule has 5 nitrogen and oxygen atoms in total. The van der Waals surface area contributed by atoms with Gasteiger partial charge < -0.3 is 20.1 Å². The maximum absolute atomic E-state index is 13.3. The van der Waals surface area contributed by atoms with Crippen LogP contribution >= 0.6 is 0 Å². The van der Waals surface area contributed by atoms with Gasteiger partial charge in [-0.25, -0.2) is 9.18 Å². The zero-order valence-electron chi connectivity index (χ0n) is 13.7. The van der Waals surface area contributed by atoms with Gasteiger partial charge in [0.1, 0.15) is 5.60 Å². The molecule has 6 heteroatoms. The quantitative estimate of drug-likeness (QED) is 0.897. The molecular weight excluding hydrogens is 299 g/mol. The number of hydrogen-bond acceptors (Lipinski definition) is 4. The van der Waals surface area contributed by atoms with E-state index in [1.165, 1.54) is 12.1 Å². The number of fused-ring (bicyclic) bond motifs is 1. The van der Waals surface area contributed by atoms with Crippen molar-refractivity contribution in [1.29, 1.82) is 0 Å². The van der Waals surface area contributed by atoms with E-state index < -0.39 is 11.4 Å². The highest BCUT2D eigenvalue weighted by Crippen LogP contribution is 2.45. The maximum atomic E-state index is 13.3. The van der Waals surface area contributed by atoms with Gasteiger partial charge in [0.15, 0.2) is 11.6 Å². The minimum atomic E-state index is -0.601. The van der Waals surface area contributed by atoms with E-state index in [0.717, 1.165) is 5.56 Å². The van der Waals surface area contributed by atoms with Crippen molar-refractivity contribution in [2.45, 2.75) is 39.0 Å². The van der Waals surface area contributed by atoms with Crippen LogP contribution in [-0.4, -0.2) is 40.8 Å². The number of nitrogens with zero attached hydrogens (tertiary/aromatic N) is 1. The van der Waals surface area contributed by atoms with E-state index >= 15 is 0 Å². The number of carbonyl (C=O) groups excluding carboxylic acids is 1. The van der Waals surface area contributed by atoms with Gasteiger partial charge in [-0.2, -0.15) is 0 Å². The number of hydrogen-bond donors (Lipinski definition) is 2. The standard InChI is InChI=1S/C17H23FN2O3/c1-17(2,3)23-16(22)20-8-11-12(9-20)15(11)19-7-10-4-5-14(21)13(18)6-10/h4-6,11-12,15,19,21H,7-9H2,1-3H3. The zero-order valence-corrected chi connectivity index (χ0v) is 13.7. The summed E-state index contributed by atoms with van der Waals surface area (Å²) in [5, 5.41) is 12.6. The molecule has 1 amide bonds. The molecule has 2 fully saturated rings. The van der Waals surface area contributed by atoms with Gasteiger partial charge in [-0.05, 0) is 50.3 Å². The van der Waals surface area contributed by atoms with Gasteiger partial charge >= 0.3 is 6.09 Å². The molecule has 1 saturated carbocycles. The van der Waals surface area contributed by atoms with Crippen molar-refractivity contribution in [3.63, 3.8) is 0 Å². The molecule has 1 aromatic rings. The molecule has 2 N–H and O–H groups in total. The number of aromatic hydroxyl groups is 1. The average Bonchev–Trinajstić information content (AvgIpc) is 2.89. The summed E-state index contributed by atoms with van der Waals surface area (Å²) in [7, 11) is 0. The third kappa shape index (κ3) is 3.58. The predicted octanol–water partition coefficient (Wildman–Crippen LogP) is 2.49. The first kappa shape index (κ1) is 16.1. The highest BCUT2D eigenvalue weighted by atomic mass is 19.1. The van der Waals surface area contributed by atoms with Gasteiger partial charge in [-0.3, -0.25) is 0 Å². The van der Waals surface area contributed by atoms with E-state index in [-0.39, 0.29) is 11.8 Å². The number of phenolic OH excluding ortho intramolecular Hbond substituents is 1. The van der Waals surface area contributed by atoms with Gasteiger partial charge in [0.05, 0.1) is 0 Å². The van der Waals surface area contributed by atoms with E-state index in [1.807, 2.05) is 20.8 Å². The Kier molecular flexibility index (Phi) is 3.96. The lowest BCUT2D eigenvalue weighted by Gasteiger charge is -2.26. The Bertz CT molecular complexity index is 602. The van der Waals surface area contributed by atoms with Crippen LogP contribution in [0.25, 0.3) is 0 Å². The second-order valence-electron chi connectivity index (χ2n) is 7.41. The third-order valence-electron chi connectivity index (χ3n) is 4.40. The van der Waals surface area contributed by atoms with Gasteiger partial charge in [-0.1, -0.05) is 6.07 Å². The molecule has 1 heterocycles. The van der Waals surface area contributed by atoms with Crippen LogP contribution in [-0.2, 0) is 11.3 Å². The topological polar surface area (TPSA) is 61.8 Å². The van der Waals surface area contributed by atoms with Crippen LogP contribution in [0.3, 0.4) is 0 Å². The minimum Gasteiger partial charge on any atom is -0.505 e. The number of halogens is 1. The lowest BCUT2D eigenvalue weighted by molar-refractivity contribution is 0.0269. The molecule has 1 aromatic carbocycles. The molecule has 1 aliphatic carbocycles. The normalized spacial score (nSPS) is 26.1. The van der Waals surface area contributed by atoms with Crippen molar-refractivity contribution in [2.24, 2.45) is 11.8 Å². The predicted molar refractivity (Wildman–Crippen MR) is 83.5 cm³/mol. The largest absolute Gasteiger partial charge is 0.505 e. The molecule has 1 aliphatic heterocycles. The van der Waals surface area contributed by atoms with Crippen LogP contribution in [0.1, 0.15) is 26.3 Å². The number of nitrogens with one attached hydrogen (secondary N) is 1. The number of rotatable bonds is 3. The van der Waals surface area contributed by atoms with E-state index in [0.29, 0.717) is 37.5 Å². The first-order valence-corrected chi connectivity index (χ1v) is 7.93. The number of amides is 1. The van der Waals surface area contributed by atoms with Crippen LogP contribution in [0.2, 0.25) is 0 Å². The molecule has 2 atom stereocenters. The fourth-order valence-electron chi connectivity index (χ4n) is 3.20. The fourth-order valence-corrected chi connectivity index (χ4v) is 3.20. The summed E-state index contributed by atoms with van der Waals surface area (Å²) in [6.07, 6.45) is -0.246. The van der Waals surface area contributed by atoms with Crippen molar-refractivity contribution in [2.75, 3.05) is 13.1 Å². The first-order valence-electron chi connectivity index (χ1n) is 7.93. The van der Waals surface area contributed by atoms with E-state index in [1.54, 1.807) is 11.0 Å². The molecule has 2 unspecified atom stereocenters. The Balaban J connectivity index is 1.45. The van der Waals surface area contributed by atoms with Gasteiger partial charge in [0, 0.05) is 25.7 Å². The molecule has 3 rings (SSSR count). The molecule has 2 aliphatic rings. The molecule has 0 aromatic heterocycles. The summed E-state index contributed by atoms with van der Waals surface area (Å²) in [4.78, 5) is 13.8. The molecule has 0 radical (unpaired) electrons. The minimum absolute atomic E-state index is 0.246. The number of ether oxygens (including phenoxy) is 1. The smallest absolute Gasteiger partial charge is 0.410 e. The van der Waals surface area contributed by atoms with Crippen LogP contribution < -0.4 is 5.32 Å². The number of phenols is 1. The number of benzene rings is 1. The summed E-state index contributed by atoms with van der Waals surface area (Å²) in [5.74, 6) is -0.0320. The Morgan fingerprint density at radius 1 is 1.39 bits per heavy atom. The molecule has 23 heavy (non-hydrogen) atoms. The second kappa shape index (κ2) is 5.67. The van der Waals surface area contributed by atoms with Gasteiger partial charge in [0.25, 0.3) is 0 Å². The molecule has 0 spiro atoms. The SMILES string of the molecule is CC(C)(C)OC(=O)N1CC2C(C1)C2NCc1ccc(O)c(F)c1. The Morgan fingerprint density at radius 3 is 2.61 bits per heavy atom. The molecule has 1 saturated heterocycles. The Morgan fingerprint density at radius 2 is 2.04 bits per heavy atom. The van der Waals surface area contributed by atoms with Crippen molar-refractivity contribution in [3.05, 3.63) is 29.6 Å². The molecule has 126 valence electrons. The summed E-state index contributed by atoms with van der Waals surface area (Å²) in [6, 6.07) is 4.78. The van der Waals surface area contributed by atoms with E-state index in [9.17, 15) is 14.3 Å². The van der Waals surface area contributed by atoms with Gasteiger partial charge in [-0.15, -0.1) is 0 Å². The Labute approximate surface area is 135 Å². The highest BCUT2D eigenvalue weighted by molar-refractivity contribution is 5.69. The van der Waals surface area contributed by atoms with Crippen molar-refractivity contribution < 1.29 is 19.0 Å². The Hall–Kier alpha value is -1.82. The fraction of sp³-hybridized carbons (Fsp3) is 0.588. The number of piperidine rings is 1. The first-order chi connectivity index (χ1) is 10.7. The number of likely N-dealkylation sites (tertiary alicyclic amines) is 1. The number of carbonyl (C=O) groups is 1. The molecular formula is C17H23FN2O3. The lowest BCUT2D eigenvalue weighted by atomic mass is 10.2. The summed E-state index contributed by atoms with van der Waals surface area (Å²) >= 11 is 0. The van der Waals surface area contributed by atoms with Gasteiger partial charge in [0.2, 0.25) is 0 Å². The van der Waals surface area contributed by atoms with Crippen LogP contribution in [0.5, 0.6) is 5.75 Å². The maximum Gasteiger partial charge on any atom is 0.410 e. The van der Waals surface area contributed by atoms with E-state index in [2.05, 4.69) is 5.32 Å². The lowest BCUT2D eigenvalue weighted by Crippen LogP contribution is -2.39. The van der Waals surface area contributed by atoms with E-state index in [4.69, 9.17) is 4.74 Å². The van der Waals surface area contributed by atoms with Crippen LogP contribution in [0, 0.1) is 17.7 Å². The van der Waals surface area contributed by atoms with Crippen LogP contribution in [0.15, 0.2) is 18.2 Å². The third-order valence-corrected chi connectivity index (χ3v) is 4.40. The van der Waals surface area contributed by atoms with Crippen molar-refractivity contribution >= 4 is 6.09 Å².